The lowest BCUT2D eigenvalue weighted by molar-refractivity contribution is 0.301. The van der Waals surface area contributed by atoms with Crippen LogP contribution in [0, 0.1) is 5.82 Å². The highest BCUT2D eigenvalue weighted by Gasteiger charge is 2.09. The number of nitrogens with two attached hydrogens (primary N) is 1. The minimum Gasteiger partial charge on any atom is -0.490 e. The van der Waals surface area contributed by atoms with E-state index >= 15 is 0 Å². The van der Waals surface area contributed by atoms with Gasteiger partial charge < -0.3 is 20.3 Å². The van der Waals surface area contributed by atoms with E-state index in [9.17, 15) is 4.39 Å². The highest BCUT2D eigenvalue weighted by atomic mass is 19.1. The monoisotopic (exact) mass is 266 g/mol. The van der Waals surface area contributed by atoms with E-state index < -0.39 is 5.82 Å². The van der Waals surface area contributed by atoms with Crippen LogP contribution in [0.4, 0.5) is 15.8 Å². The summed E-state index contributed by atoms with van der Waals surface area (Å²) in [6, 6.07) is 2.75. The van der Waals surface area contributed by atoms with Crippen molar-refractivity contribution in [3.8, 4) is 5.75 Å². The summed E-state index contributed by atoms with van der Waals surface area (Å²) < 4.78 is 23.5. The molecule has 0 fully saturated rings. The zero-order chi connectivity index (χ0) is 13.7. The topological polar surface area (TPSA) is 86.2 Å². The normalized spacial score (nSPS) is 10.4. The van der Waals surface area contributed by atoms with Crippen molar-refractivity contribution in [2.45, 2.75) is 19.9 Å². The predicted molar refractivity (Wildman–Crippen MR) is 68.2 cm³/mol. The number of hydrogen-bond donors (Lipinski definition) is 2. The van der Waals surface area contributed by atoms with E-state index in [4.69, 9.17) is 10.5 Å². The van der Waals surface area contributed by atoms with E-state index in [1.807, 2.05) is 6.92 Å². The molecule has 0 saturated carbocycles. The summed E-state index contributed by atoms with van der Waals surface area (Å²) in [6.07, 6.45) is 2.04. The van der Waals surface area contributed by atoms with Gasteiger partial charge in [-0.3, -0.25) is 0 Å². The van der Waals surface area contributed by atoms with Gasteiger partial charge in [0.2, 0.25) is 6.39 Å². The van der Waals surface area contributed by atoms with Crippen molar-refractivity contribution in [3.05, 3.63) is 30.2 Å². The van der Waals surface area contributed by atoms with Gasteiger partial charge >= 0.3 is 0 Å². The van der Waals surface area contributed by atoms with Gasteiger partial charge in [-0.2, -0.15) is 4.98 Å². The van der Waals surface area contributed by atoms with Crippen LogP contribution in [-0.2, 0) is 6.54 Å². The molecular formula is C12H15FN4O2. The van der Waals surface area contributed by atoms with Crippen LogP contribution in [0.1, 0.15) is 19.2 Å². The van der Waals surface area contributed by atoms with Gasteiger partial charge in [-0.15, -0.1) is 0 Å². The van der Waals surface area contributed by atoms with E-state index in [1.165, 1.54) is 18.5 Å². The first-order valence-corrected chi connectivity index (χ1v) is 5.91. The van der Waals surface area contributed by atoms with Gasteiger partial charge in [-0.1, -0.05) is 12.1 Å². The highest BCUT2D eigenvalue weighted by molar-refractivity contribution is 5.68. The first kappa shape index (κ1) is 13.1. The molecule has 7 heteroatoms. The molecule has 0 aliphatic heterocycles. The molecule has 0 spiro atoms. The number of anilines is 2. The fourth-order valence-corrected chi connectivity index (χ4v) is 1.49. The number of hydrogen-bond acceptors (Lipinski definition) is 6. The molecule has 0 unspecified atom stereocenters. The average molecular weight is 266 g/mol. The molecular weight excluding hydrogens is 251 g/mol. The van der Waals surface area contributed by atoms with Gasteiger partial charge in [0, 0.05) is 12.1 Å². The fraction of sp³-hybridized carbons (Fsp3) is 0.333. The maximum absolute atomic E-state index is 13.6. The average Bonchev–Trinajstić information content (AvgIpc) is 2.90. The summed E-state index contributed by atoms with van der Waals surface area (Å²) in [5.74, 6) is 0.183. The lowest BCUT2D eigenvalue weighted by atomic mass is 10.2. The van der Waals surface area contributed by atoms with Gasteiger partial charge in [0.15, 0.2) is 17.4 Å². The number of nitrogens with zero attached hydrogens (tertiary/aromatic N) is 2. The third-order valence-electron chi connectivity index (χ3n) is 2.41. The molecule has 1 aromatic carbocycles. The molecule has 0 amide bonds. The lowest BCUT2D eigenvalue weighted by Gasteiger charge is -2.12. The molecule has 0 atom stereocenters. The van der Waals surface area contributed by atoms with Crippen LogP contribution in [0.5, 0.6) is 5.75 Å². The van der Waals surface area contributed by atoms with Crippen molar-refractivity contribution >= 4 is 11.4 Å². The quantitative estimate of drug-likeness (QED) is 0.779. The van der Waals surface area contributed by atoms with Crippen molar-refractivity contribution in [1.29, 1.82) is 0 Å². The molecule has 2 aromatic rings. The maximum atomic E-state index is 13.6. The second-order valence-corrected chi connectivity index (χ2v) is 3.92. The van der Waals surface area contributed by atoms with Crippen LogP contribution in [0.3, 0.4) is 0 Å². The number of aromatic nitrogens is 2. The number of halogens is 1. The number of ether oxygens (including phenoxy) is 1. The van der Waals surface area contributed by atoms with Crippen molar-refractivity contribution in [1.82, 2.24) is 10.1 Å². The number of rotatable bonds is 6. The van der Waals surface area contributed by atoms with Crippen LogP contribution < -0.4 is 15.8 Å². The van der Waals surface area contributed by atoms with Gasteiger partial charge in [0.25, 0.3) is 0 Å². The molecule has 0 aliphatic rings. The van der Waals surface area contributed by atoms with Crippen LogP contribution >= 0.6 is 0 Å². The van der Waals surface area contributed by atoms with Crippen molar-refractivity contribution < 1.29 is 13.7 Å². The van der Waals surface area contributed by atoms with E-state index in [1.54, 1.807) is 0 Å². The van der Waals surface area contributed by atoms with E-state index in [0.717, 1.165) is 6.42 Å². The Morgan fingerprint density at radius 3 is 3.00 bits per heavy atom. The molecule has 102 valence electrons. The molecule has 0 aliphatic carbocycles. The molecule has 0 saturated heterocycles. The zero-order valence-electron chi connectivity index (χ0n) is 10.5. The van der Waals surface area contributed by atoms with E-state index in [0.29, 0.717) is 30.4 Å². The Bertz CT molecular complexity index is 531. The van der Waals surface area contributed by atoms with Crippen molar-refractivity contribution in [2.24, 2.45) is 0 Å². The maximum Gasteiger partial charge on any atom is 0.213 e. The Labute approximate surface area is 109 Å². The molecule has 19 heavy (non-hydrogen) atoms. The highest BCUT2D eigenvalue weighted by Crippen LogP contribution is 2.28. The van der Waals surface area contributed by atoms with Crippen molar-refractivity contribution in [2.75, 3.05) is 17.7 Å². The SMILES string of the molecule is CCCOc1cc(NCc2ncon2)c(N)cc1F. The smallest absolute Gasteiger partial charge is 0.213 e. The fourth-order valence-electron chi connectivity index (χ4n) is 1.49. The van der Waals surface area contributed by atoms with Crippen LogP contribution in [0.25, 0.3) is 0 Å². The minimum absolute atomic E-state index is 0.173. The summed E-state index contributed by atoms with van der Waals surface area (Å²) in [7, 11) is 0. The standard InChI is InChI=1S/C12H15FN4O2/c1-2-3-18-11-5-10(9(14)4-8(11)13)15-6-12-16-7-19-17-12/h4-5,7,15H,2-3,6,14H2,1H3. The number of nitrogens with one attached hydrogen (secondary N) is 1. The summed E-state index contributed by atoms with van der Waals surface area (Å²) in [6.45, 7) is 2.73. The molecule has 0 bridgehead atoms. The molecule has 1 aromatic heterocycles. The number of benzene rings is 1. The van der Waals surface area contributed by atoms with Crippen LogP contribution in [0.2, 0.25) is 0 Å². The largest absolute Gasteiger partial charge is 0.490 e. The van der Waals surface area contributed by atoms with Crippen LogP contribution in [-0.4, -0.2) is 16.7 Å². The second-order valence-electron chi connectivity index (χ2n) is 3.92. The first-order chi connectivity index (χ1) is 9.20. The second kappa shape index (κ2) is 6.03. The van der Waals surface area contributed by atoms with E-state index in [2.05, 4.69) is 20.0 Å². The lowest BCUT2D eigenvalue weighted by Crippen LogP contribution is -2.06. The third-order valence-corrected chi connectivity index (χ3v) is 2.41. The molecule has 1 heterocycles. The van der Waals surface area contributed by atoms with E-state index in [-0.39, 0.29) is 5.75 Å². The Hall–Kier alpha value is -2.31. The third kappa shape index (κ3) is 3.34. The molecule has 2 rings (SSSR count). The first-order valence-electron chi connectivity index (χ1n) is 5.91. The molecule has 0 radical (unpaired) electrons. The Morgan fingerprint density at radius 1 is 1.47 bits per heavy atom. The van der Waals surface area contributed by atoms with Gasteiger partial charge in [0.05, 0.1) is 24.5 Å². The van der Waals surface area contributed by atoms with Crippen LogP contribution in [0.15, 0.2) is 23.0 Å². The summed E-state index contributed by atoms with van der Waals surface area (Å²) in [4.78, 5) is 3.86. The van der Waals surface area contributed by atoms with Gasteiger partial charge in [-0.05, 0) is 6.42 Å². The predicted octanol–water partition coefficient (Wildman–Crippen LogP) is 2.19. The van der Waals surface area contributed by atoms with Gasteiger partial charge in [-0.25, -0.2) is 4.39 Å². The summed E-state index contributed by atoms with van der Waals surface area (Å²) in [5.41, 5.74) is 6.60. The Balaban J connectivity index is 2.10. The van der Waals surface area contributed by atoms with Gasteiger partial charge in [0.1, 0.15) is 0 Å². The molecule has 6 nitrogen and oxygen atoms in total. The summed E-state index contributed by atoms with van der Waals surface area (Å²) in [5, 5.41) is 6.66. The Kier molecular flexibility index (Phi) is 4.17. The number of nitrogen functional groups attached to an aromatic ring is 1. The summed E-state index contributed by atoms with van der Waals surface area (Å²) >= 11 is 0. The van der Waals surface area contributed by atoms with Crippen molar-refractivity contribution in [3.63, 3.8) is 0 Å². The minimum atomic E-state index is -0.476. The zero-order valence-corrected chi connectivity index (χ0v) is 10.5. The Morgan fingerprint density at radius 2 is 2.32 bits per heavy atom. The molecule has 3 N–H and O–H groups in total.